The lowest BCUT2D eigenvalue weighted by molar-refractivity contribution is -0.131. The van der Waals surface area contributed by atoms with Gasteiger partial charge in [-0.1, -0.05) is 19.9 Å². The Balaban J connectivity index is 2.24. The van der Waals surface area contributed by atoms with Crippen LogP contribution in [0.1, 0.15) is 19.4 Å². The van der Waals surface area contributed by atoms with E-state index in [0.717, 1.165) is 15.2 Å². The summed E-state index contributed by atoms with van der Waals surface area (Å²) >= 11 is 2.12. The number of aromatic nitrogens is 1. The Kier molecular flexibility index (Phi) is 5.54. The Bertz CT molecular complexity index is 864. The molecule has 0 spiro atoms. The third-order valence-corrected chi connectivity index (χ3v) is 5.82. The molecule has 0 fully saturated rings. The maximum absolute atomic E-state index is 12.6. The van der Waals surface area contributed by atoms with Crippen LogP contribution in [0.2, 0.25) is 0 Å². The van der Waals surface area contributed by atoms with Gasteiger partial charge in [0.1, 0.15) is 0 Å². The van der Waals surface area contributed by atoms with Crippen molar-refractivity contribution in [3.8, 4) is 0 Å². The molecule has 5 nitrogen and oxygen atoms in total. The number of carboxylic acids is 1. The zero-order valence-electron chi connectivity index (χ0n) is 13.3. The summed E-state index contributed by atoms with van der Waals surface area (Å²) in [6, 6.07) is 8.39. The summed E-state index contributed by atoms with van der Waals surface area (Å²) in [7, 11) is -3.62. The lowest BCUT2D eigenvalue weighted by Gasteiger charge is -2.18. The number of allylic oxidation sites excluding steroid dienone is 1. The molecule has 1 aromatic heterocycles. The number of benzene rings is 1. The van der Waals surface area contributed by atoms with Gasteiger partial charge in [-0.25, -0.2) is 17.2 Å². The van der Waals surface area contributed by atoms with E-state index >= 15 is 0 Å². The second kappa shape index (κ2) is 7.10. The predicted molar refractivity (Wildman–Crippen MR) is 100 cm³/mol. The standard InChI is InChI=1S/C17H18INO4S/c1-17(2,9-7-16(20)21)11-13-8-10-19(12-13)24(22,23)15-5-3-14(18)4-6-15/h3-10,12H,11H2,1-2H3,(H,20,21)/b9-7+. The molecule has 128 valence electrons. The molecule has 1 heterocycles. The SMILES string of the molecule is CC(C)(/C=C/C(=O)O)Cc1ccn(S(=O)(=O)c2ccc(I)cc2)c1. The zero-order valence-corrected chi connectivity index (χ0v) is 16.3. The van der Waals surface area contributed by atoms with Crippen molar-refractivity contribution < 1.29 is 18.3 Å². The van der Waals surface area contributed by atoms with Crippen LogP contribution in [-0.4, -0.2) is 23.5 Å². The van der Waals surface area contributed by atoms with Crippen LogP contribution in [0, 0.1) is 8.99 Å². The van der Waals surface area contributed by atoms with Gasteiger partial charge in [0.2, 0.25) is 0 Å². The molecule has 0 aliphatic heterocycles. The fourth-order valence-electron chi connectivity index (χ4n) is 2.28. The van der Waals surface area contributed by atoms with Gasteiger partial charge in [0.15, 0.2) is 0 Å². The molecular formula is C17H18INO4S. The summed E-state index contributed by atoms with van der Waals surface area (Å²) in [5, 5.41) is 8.73. The van der Waals surface area contributed by atoms with E-state index in [1.807, 2.05) is 13.8 Å². The van der Waals surface area contributed by atoms with Gasteiger partial charge >= 0.3 is 5.97 Å². The zero-order chi connectivity index (χ0) is 18.0. The second-order valence-electron chi connectivity index (χ2n) is 6.15. The number of carboxylic acid groups (broad SMARTS) is 1. The van der Waals surface area contributed by atoms with Crippen LogP contribution in [0.3, 0.4) is 0 Å². The highest BCUT2D eigenvalue weighted by Gasteiger charge is 2.20. The summed E-state index contributed by atoms with van der Waals surface area (Å²) in [6.07, 6.45) is 6.34. The number of hydrogen-bond donors (Lipinski definition) is 1. The fourth-order valence-corrected chi connectivity index (χ4v) is 3.86. The van der Waals surface area contributed by atoms with Gasteiger partial charge in [0, 0.05) is 22.0 Å². The summed E-state index contributed by atoms with van der Waals surface area (Å²) in [5.41, 5.74) is 0.432. The minimum absolute atomic E-state index is 0.232. The van der Waals surface area contributed by atoms with E-state index in [4.69, 9.17) is 5.11 Å². The van der Waals surface area contributed by atoms with E-state index in [2.05, 4.69) is 22.6 Å². The molecule has 0 saturated heterocycles. The first-order valence-electron chi connectivity index (χ1n) is 7.20. The normalized spacial score (nSPS) is 12.6. The Morgan fingerprint density at radius 2 is 1.88 bits per heavy atom. The van der Waals surface area contributed by atoms with E-state index in [0.29, 0.717) is 6.42 Å². The molecular weight excluding hydrogens is 441 g/mol. The Morgan fingerprint density at radius 1 is 1.25 bits per heavy atom. The maximum atomic E-state index is 12.6. The molecule has 0 atom stereocenters. The van der Waals surface area contributed by atoms with Crippen molar-refractivity contribution in [2.45, 2.75) is 25.2 Å². The lowest BCUT2D eigenvalue weighted by Crippen LogP contribution is -2.13. The minimum atomic E-state index is -3.62. The summed E-state index contributed by atoms with van der Waals surface area (Å²) < 4.78 is 27.4. The molecule has 0 saturated carbocycles. The predicted octanol–water partition coefficient (Wildman–Crippen LogP) is 3.54. The van der Waals surface area contributed by atoms with Gasteiger partial charge in [-0.3, -0.25) is 0 Å². The largest absolute Gasteiger partial charge is 0.478 e. The Labute approximate surface area is 155 Å². The van der Waals surface area contributed by atoms with Crippen molar-refractivity contribution in [2.24, 2.45) is 5.41 Å². The topological polar surface area (TPSA) is 76.4 Å². The van der Waals surface area contributed by atoms with Crippen LogP contribution in [0.15, 0.2) is 59.8 Å². The highest BCUT2D eigenvalue weighted by Crippen LogP contribution is 2.25. The molecule has 2 rings (SSSR count). The van der Waals surface area contributed by atoms with Gasteiger partial charge in [0.25, 0.3) is 10.0 Å². The van der Waals surface area contributed by atoms with Crippen molar-refractivity contribution in [1.82, 2.24) is 3.97 Å². The highest BCUT2D eigenvalue weighted by molar-refractivity contribution is 14.1. The van der Waals surface area contributed by atoms with Crippen LogP contribution < -0.4 is 0 Å². The van der Waals surface area contributed by atoms with E-state index < -0.39 is 21.4 Å². The molecule has 0 amide bonds. The van der Waals surface area contributed by atoms with Crippen molar-refractivity contribution in [2.75, 3.05) is 0 Å². The van der Waals surface area contributed by atoms with Crippen LogP contribution in [-0.2, 0) is 21.2 Å². The van der Waals surface area contributed by atoms with E-state index in [1.165, 1.54) is 10.2 Å². The Morgan fingerprint density at radius 3 is 2.46 bits per heavy atom. The van der Waals surface area contributed by atoms with Crippen molar-refractivity contribution >= 4 is 38.6 Å². The molecule has 1 N–H and O–H groups in total. The molecule has 7 heteroatoms. The van der Waals surface area contributed by atoms with Gasteiger partial charge in [0.05, 0.1) is 4.90 Å². The van der Waals surface area contributed by atoms with E-state index in [1.54, 1.807) is 42.6 Å². The molecule has 0 aliphatic carbocycles. The minimum Gasteiger partial charge on any atom is -0.478 e. The fraction of sp³-hybridized carbons (Fsp3) is 0.235. The van der Waals surface area contributed by atoms with Crippen LogP contribution in [0.5, 0.6) is 0 Å². The number of hydrogen-bond acceptors (Lipinski definition) is 3. The molecule has 24 heavy (non-hydrogen) atoms. The average molecular weight is 459 g/mol. The van der Waals surface area contributed by atoms with Gasteiger partial charge in [-0.15, -0.1) is 0 Å². The van der Waals surface area contributed by atoms with Crippen molar-refractivity contribution in [1.29, 1.82) is 0 Å². The second-order valence-corrected chi connectivity index (χ2v) is 9.23. The molecule has 0 unspecified atom stereocenters. The molecule has 0 radical (unpaired) electrons. The maximum Gasteiger partial charge on any atom is 0.327 e. The molecule has 1 aromatic carbocycles. The van der Waals surface area contributed by atoms with E-state index in [-0.39, 0.29) is 4.90 Å². The lowest BCUT2D eigenvalue weighted by atomic mass is 9.86. The first-order valence-corrected chi connectivity index (χ1v) is 9.72. The first kappa shape index (κ1) is 18.7. The number of aliphatic carboxylic acids is 1. The van der Waals surface area contributed by atoms with Gasteiger partial charge < -0.3 is 5.11 Å². The molecule has 0 bridgehead atoms. The average Bonchev–Trinajstić information content (AvgIpc) is 2.94. The summed E-state index contributed by atoms with van der Waals surface area (Å²) in [5.74, 6) is -0.998. The monoisotopic (exact) mass is 459 g/mol. The van der Waals surface area contributed by atoms with Crippen LogP contribution >= 0.6 is 22.6 Å². The summed E-state index contributed by atoms with van der Waals surface area (Å²) in [6.45, 7) is 3.80. The molecule has 0 aliphatic rings. The smallest absolute Gasteiger partial charge is 0.327 e. The van der Waals surface area contributed by atoms with Crippen molar-refractivity contribution in [3.63, 3.8) is 0 Å². The third-order valence-electron chi connectivity index (χ3n) is 3.45. The van der Waals surface area contributed by atoms with Crippen LogP contribution in [0.4, 0.5) is 0 Å². The quantitative estimate of drug-likeness (QED) is 0.530. The number of rotatable bonds is 6. The third kappa shape index (κ3) is 4.70. The number of halogens is 1. The van der Waals surface area contributed by atoms with Gasteiger partial charge in [-0.2, -0.15) is 0 Å². The first-order chi connectivity index (χ1) is 11.1. The van der Waals surface area contributed by atoms with Gasteiger partial charge in [-0.05, 0) is 70.3 Å². The van der Waals surface area contributed by atoms with Crippen LogP contribution in [0.25, 0.3) is 0 Å². The Hall–Kier alpha value is -1.61. The number of nitrogens with zero attached hydrogens (tertiary/aromatic N) is 1. The summed E-state index contributed by atoms with van der Waals surface area (Å²) in [4.78, 5) is 10.9. The van der Waals surface area contributed by atoms with Crippen molar-refractivity contribution in [3.05, 3.63) is 64.0 Å². The van der Waals surface area contributed by atoms with E-state index in [9.17, 15) is 13.2 Å². The number of carbonyl (C=O) groups is 1. The highest BCUT2D eigenvalue weighted by atomic mass is 127. The molecule has 2 aromatic rings.